The summed E-state index contributed by atoms with van der Waals surface area (Å²) in [6, 6.07) is 30.4. The van der Waals surface area contributed by atoms with Crippen molar-refractivity contribution in [2.45, 2.75) is 19.6 Å². The molecule has 0 aliphatic carbocycles. The van der Waals surface area contributed by atoms with Gasteiger partial charge in [0.2, 0.25) is 0 Å². The predicted molar refractivity (Wildman–Crippen MR) is 150 cm³/mol. The first kappa shape index (κ1) is 25.9. The van der Waals surface area contributed by atoms with E-state index in [0.29, 0.717) is 32.7 Å². The van der Waals surface area contributed by atoms with E-state index in [1.54, 1.807) is 60.3 Å². The molecule has 0 saturated heterocycles. The highest BCUT2D eigenvalue weighted by Gasteiger charge is 2.08. The molecule has 0 amide bonds. The van der Waals surface area contributed by atoms with Crippen molar-refractivity contribution in [2.75, 3.05) is 11.5 Å². The third kappa shape index (κ3) is 7.92. The van der Waals surface area contributed by atoms with Crippen molar-refractivity contribution in [3.8, 4) is 0 Å². The molecular formula is C28H20Cl2O2S3. The lowest BCUT2D eigenvalue weighted by molar-refractivity contribution is 0.101. The molecule has 0 fully saturated rings. The summed E-state index contributed by atoms with van der Waals surface area (Å²) >= 11 is 16.5. The molecule has 7 heteroatoms. The van der Waals surface area contributed by atoms with E-state index in [-0.39, 0.29) is 11.6 Å². The van der Waals surface area contributed by atoms with Crippen LogP contribution in [0.5, 0.6) is 0 Å². The molecule has 4 aromatic rings. The minimum absolute atomic E-state index is 0.0814. The molecule has 0 heterocycles. The van der Waals surface area contributed by atoms with Crippen LogP contribution in [0.1, 0.15) is 20.7 Å². The van der Waals surface area contributed by atoms with Gasteiger partial charge in [-0.1, -0.05) is 35.0 Å². The van der Waals surface area contributed by atoms with Crippen molar-refractivity contribution >= 4 is 70.1 Å². The lowest BCUT2D eigenvalue weighted by Gasteiger charge is -2.06. The van der Waals surface area contributed by atoms with Gasteiger partial charge in [0.15, 0.2) is 11.6 Å². The molecule has 176 valence electrons. The van der Waals surface area contributed by atoms with Gasteiger partial charge >= 0.3 is 0 Å². The second-order valence-corrected chi connectivity index (χ2v) is 11.6. The summed E-state index contributed by atoms with van der Waals surface area (Å²) in [5, 5.41) is 1.25. The number of halogens is 2. The van der Waals surface area contributed by atoms with Crippen molar-refractivity contribution in [3.63, 3.8) is 0 Å². The Balaban J connectivity index is 1.25. The number of thioether (sulfide) groups is 2. The van der Waals surface area contributed by atoms with Gasteiger partial charge in [-0.3, -0.25) is 9.59 Å². The summed E-state index contributed by atoms with van der Waals surface area (Å²) < 4.78 is 0. The summed E-state index contributed by atoms with van der Waals surface area (Å²) in [6.45, 7) is 0. The lowest BCUT2D eigenvalue weighted by atomic mass is 10.1. The minimum Gasteiger partial charge on any atom is -0.293 e. The molecule has 0 unspecified atom stereocenters. The molecule has 0 spiro atoms. The second kappa shape index (κ2) is 12.7. The van der Waals surface area contributed by atoms with Gasteiger partial charge in [-0.15, -0.1) is 23.5 Å². The van der Waals surface area contributed by atoms with Crippen molar-refractivity contribution in [2.24, 2.45) is 0 Å². The Labute approximate surface area is 227 Å². The Hall–Kier alpha value is -2.15. The first-order valence-corrected chi connectivity index (χ1v) is 14.2. The van der Waals surface area contributed by atoms with Crippen LogP contribution in [-0.4, -0.2) is 23.1 Å². The fraction of sp³-hybridized carbons (Fsp3) is 0.0714. The maximum absolute atomic E-state index is 12.3. The molecule has 0 radical (unpaired) electrons. The van der Waals surface area contributed by atoms with Crippen LogP contribution in [0.2, 0.25) is 10.0 Å². The first-order chi connectivity index (χ1) is 17.0. The number of benzene rings is 4. The van der Waals surface area contributed by atoms with Crippen LogP contribution in [0.4, 0.5) is 0 Å². The highest BCUT2D eigenvalue weighted by molar-refractivity contribution is 8.00. The Kier molecular flexibility index (Phi) is 9.41. The lowest BCUT2D eigenvalue weighted by Crippen LogP contribution is -2.01. The molecule has 4 aromatic carbocycles. The standard InChI is InChI=1S/C28H20Cl2O2S3/c29-21-5-1-19(2-6-21)27(31)17-33-23-9-13-25(14-10-23)35-26-15-11-24(12-16-26)34-18-28(32)20-3-7-22(30)8-4-20/h1-16H,17-18H2. The quantitative estimate of drug-likeness (QED) is 0.144. The molecular weight excluding hydrogens is 535 g/mol. The molecule has 0 atom stereocenters. The molecule has 0 N–H and O–H groups in total. The molecule has 0 bridgehead atoms. The Bertz CT molecular complexity index is 1190. The zero-order valence-corrected chi connectivity index (χ0v) is 22.4. The number of carbonyl (C=O) groups excluding carboxylic acids is 2. The van der Waals surface area contributed by atoms with E-state index in [2.05, 4.69) is 24.3 Å². The van der Waals surface area contributed by atoms with E-state index in [9.17, 15) is 9.59 Å². The van der Waals surface area contributed by atoms with E-state index >= 15 is 0 Å². The summed E-state index contributed by atoms with van der Waals surface area (Å²) in [5.74, 6) is 0.928. The van der Waals surface area contributed by atoms with E-state index in [1.165, 1.54) is 23.5 Å². The number of hydrogen-bond donors (Lipinski definition) is 0. The van der Waals surface area contributed by atoms with Crippen LogP contribution in [-0.2, 0) is 0 Å². The average molecular weight is 556 g/mol. The SMILES string of the molecule is O=C(CSc1ccc(Sc2ccc(SCC(=O)c3ccc(Cl)cc3)cc2)cc1)c1ccc(Cl)cc1. The zero-order valence-electron chi connectivity index (χ0n) is 18.4. The average Bonchev–Trinajstić information content (AvgIpc) is 2.88. The van der Waals surface area contributed by atoms with E-state index in [0.717, 1.165) is 19.6 Å². The van der Waals surface area contributed by atoms with Crippen molar-refractivity contribution in [1.29, 1.82) is 0 Å². The largest absolute Gasteiger partial charge is 0.293 e. The highest BCUT2D eigenvalue weighted by atomic mass is 35.5. The highest BCUT2D eigenvalue weighted by Crippen LogP contribution is 2.31. The summed E-state index contributed by atoms with van der Waals surface area (Å²) in [5.41, 5.74) is 1.34. The van der Waals surface area contributed by atoms with Crippen LogP contribution in [0.3, 0.4) is 0 Å². The number of Topliss-reactive ketones (excluding diaryl/α,β-unsaturated/α-hetero) is 2. The fourth-order valence-corrected chi connectivity index (χ4v) is 5.73. The van der Waals surface area contributed by atoms with Gasteiger partial charge in [0.1, 0.15) is 0 Å². The Morgan fingerprint density at radius 2 is 0.800 bits per heavy atom. The van der Waals surface area contributed by atoms with Crippen molar-refractivity contribution < 1.29 is 9.59 Å². The van der Waals surface area contributed by atoms with Gasteiger partial charge in [0.05, 0.1) is 11.5 Å². The topological polar surface area (TPSA) is 34.1 Å². The van der Waals surface area contributed by atoms with Crippen LogP contribution in [0.25, 0.3) is 0 Å². The number of ketones is 2. The monoisotopic (exact) mass is 554 g/mol. The third-order valence-electron chi connectivity index (χ3n) is 4.96. The third-order valence-corrected chi connectivity index (χ3v) is 8.50. The summed E-state index contributed by atoms with van der Waals surface area (Å²) in [4.78, 5) is 29.0. The Morgan fingerprint density at radius 1 is 0.486 bits per heavy atom. The van der Waals surface area contributed by atoms with Crippen LogP contribution in [0.15, 0.2) is 117 Å². The molecule has 0 aliphatic rings. The van der Waals surface area contributed by atoms with Crippen molar-refractivity contribution in [3.05, 3.63) is 118 Å². The van der Waals surface area contributed by atoms with Crippen LogP contribution >= 0.6 is 58.5 Å². The maximum Gasteiger partial charge on any atom is 0.173 e. The summed E-state index contributed by atoms with van der Waals surface area (Å²) in [7, 11) is 0. The van der Waals surface area contributed by atoms with Gasteiger partial charge in [0.25, 0.3) is 0 Å². The maximum atomic E-state index is 12.3. The van der Waals surface area contributed by atoms with E-state index < -0.39 is 0 Å². The molecule has 0 saturated carbocycles. The van der Waals surface area contributed by atoms with Gasteiger partial charge in [0, 0.05) is 40.8 Å². The second-order valence-electron chi connectivity index (χ2n) is 7.48. The van der Waals surface area contributed by atoms with Crippen LogP contribution in [0, 0.1) is 0 Å². The number of rotatable bonds is 10. The molecule has 35 heavy (non-hydrogen) atoms. The smallest absolute Gasteiger partial charge is 0.173 e. The zero-order chi connectivity index (χ0) is 24.6. The fourth-order valence-electron chi connectivity index (χ4n) is 3.08. The van der Waals surface area contributed by atoms with Gasteiger partial charge in [-0.05, 0) is 97.1 Å². The van der Waals surface area contributed by atoms with Gasteiger partial charge < -0.3 is 0 Å². The predicted octanol–water partition coefficient (Wildman–Crippen LogP) is 9.09. The van der Waals surface area contributed by atoms with Crippen LogP contribution < -0.4 is 0 Å². The van der Waals surface area contributed by atoms with E-state index in [1.807, 2.05) is 24.3 Å². The number of carbonyl (C=O) groups is 2. The van der Waals surface area contributed by atoms with Gasteiger partial charge in [-0.25, -0.2) is 0 Å². The first-order valence-electron chi connectivity index (χ1n) is 10.7. The number of hydrogen-bond acceptors (Lipinski definition) is 5. The molecule has 0 aromatic heterocycles. The van der Waals surface area contributed by atoms with Gasteiger partial charge in [-0.2, -0.15) is 0 Å². The summed E-state index contributed by atoms with van der Waals surface area (Å²) in [6.07, 6.45) is 0. The van der Waals surface area contributed by atoms with E-state index in [4.69, 9.17) is 23.2 Å². The minimum atomic E-state index is 0.0814. The van der Waals surface area contributed by atoms with Crippen molar-refractivity contribution in [1.82, 2.24) is 0 Å². The normalized spacial score (nSPS) is 10.8. The molecule has 0 aliphatic heterocycles. The molecule has 4 rings (SSSR count). The molecule has 2 nitrogen and oxygen atoms in total. The Morgan fingerprint density at radius 3 is 1.14 bits per heavy atom.